The molecule has 3 aliphatic rings. The fourth-order valence-electron chi connectivity index (χ4n) is 5.89. The van der Waals surface area contributed by atoms with Crippen LogP contribution in [0.1, 0.15) is 74.6 Å². The largest absolute Gasteiger partial charge is 0.466 e. The monoisotopic (exact) mass is 496 g/mol. The molecule has 7 nitrogen and oxygen atoms in total. The zero-order valence-corrected chi connectivity index (χ0v) is 21.4. The lowest BCUT2D eigenvalue weighted by atomic mass is 9.75. The van der Waals surface area contributed by atoms with Crippen LogP contribution in [0.5, 0.6) is 0 Å². The first-order chi connectivity index (χ1) is 16.9. The number of esters is 1. The van der Waals surface area contributed by atoms with Crippen molar-refractivity contribution in [1.29, 1.82) is 0 Å². The smallest absolute Gasteiger partial charge is 0.313 e. The molecule has 192 valence electrons. The Morgan fingerprint density at radius 2 is 1.78 bits per heavy atom. The van der Waals surface area contributed by atoms with E-state index in [2.05, 4.69) is 0 Å². The van der Waals surface area contributed by atoms with Crippen LogP contribution in [0, 0.1) is 10.8 Å². The Bertz CT molecular complexity index is 1140. The van der Waals surface area contributed by atoms with Crippen LogP contribution in [-0.4, -0.2) is 58.2 Å². The Balaban J connectivity index is 1.73. The van der Waals surface area contributed by atoms with Crippen LogP contribution in [0.2, 0.25) is 0 Å². The van der Waals surface area contributed by atoms with Crippen molar-refractivity contribution in [3.05, 3.63) is 59.4 Å². The predicted octanol–water partition coefficient (Wildman–Crippen LogP) is 4.44. The van der Waals surface area contributed by atoms with E-state index < -0.39 is 52.6 Å². The Morgan fingerprint density at radius 3 is 2.33 bits per heavy atom. The molecule has 1 saturated heterocycles. The standard InChI is InChI=1S/C28H33FN2O5/c1-6-36-26(35)27(3,4)21-13-14-22(28(5)15-9-10-18(29)16-28)31(21)23(32)17(2)30-24(33)19-11-7-8-12-20(19)25(30)34/h7-12,16-17,21-22H,6,13-15H2,1-5H3/t17-,21-,22+,28?/m1/s1. The van der Waals surface area contributed by atoms with Gasteiger partial charge in [-0.2, -0.15) is 0 Å². The first-order valence-corrected chi connectivity index (χ1v) is 12.4. The van der Waals surface area contributed by atoms with E-state index in [0.29, 0.717) is 19.3 Å². The van der Waals surface area contributed by atoms with Gasteiger partial charge in [0, 0.05) is 17.5 Å². The van der Waals surface area contributed by atoms with Gasteiger partial charge < -0.3 is 9.64 Å². The van der Waals surface area contributed by atoms with E-state index in [1.807, 2.05) is 6.92 Å². The van der Waals surface area contributed by atoms with Gasteiger partial charge in [0.25, 0.3) is 11.8 Å². The molecule has 4 atom stereocenters. The van der Waals surface area contributed by atoms with Gasteiger partial charge in [-0.3, -0.25) is 24.1 Å². The number of rotatable bonds is 6. The van der Waals surface area contributed by atoms with Crippen molar-refractivity contribution >= 4 is 23.7 Å². The number of carbonyl (C=O) groups excluding carboxylic acids is 4. The fourth-order valence-corrected chi connectivity index (χ4v) is 5.89. The van der Waals surface area contributed by atoms with Crippen LogP contribution >= 0.6 is 0 Å². The van der Waals surface area contributed by atoms with Crippen molar-refractivity contribution in [2.24, 2.45) is 10.8 Å². The number of carbonyl (C=O) groups is 4. The van der Waals surface area contributed by atoms with Crippen molar-refractivity contribution in [2.75, 3.05) is 6.61 Å². The lowest BCUT2D eigenvalue weighted by Crippen LogP contribution is -2.59. The zero-order valence-electron chi connectivity index (χ0n) is 21.4. The summed E-state index contributed by atoms with van der Waals surface area (Å²) in [5.74, 6) is -2.30. The van der Waals surface area contributed by atoms with Gasteiger partial charge >= 0.3 is 5.97 Å². The molecule has 0 aromatic heterocycles. The second kappa shape index (κ2) is 9.30. The maximum absolute atomic E-state index is 14.4. The van der Waals surface area contributed by atoms with E-state index in [9.17, 15) is 23.6 Å². The lowest BCUT2D eigenvalue weighted by Gasteiger charge is -2.45. The van der Waals surface area contributed by atoms with Gasteiger partial charge in [-0.05, 0) is 71.2 Å². The molecule has 0 radical (unpaired) electrons. The van der Waals surface area contributed by atoms with Gasteiger partial charge in [-0.15, -0.1) is 0 Å². The maximum Gasteiger partial charge on any atom is 0.313 e. The highest BCUT2D eigenvalue weighted by Crippen LogP contribution is 2.47. The number of halogens is 1. The molecule has 2 heterocycles. The third kappa shape index (κ3) is 4.06. The summed E-state index contributed by atoms with van der Waals surface area (Å²) in [6.45, 7) is 8.84. The predicted molar refractivity (Wildman–Crippen MR) is 132 cm³/mol. The molecule has 0 saturated carbocycles. The van der Waals surface area contributed by atoms with Gasteiger partial charge in [0.2, 0.25) is 5.91 Å². The molecule has 36 heavy (non-hydrogen) atoms. The first-order valence-electron chi connectivity index (χ1n) is 12.4. The summed E-state index contributed by atoms with van der Waals surface area (Å²) in [6, 6.07) is 4.40. The quantitative estimate of drug-likeness (QED) is 0.430. The van der Waals surface area contributed by atoms with Crippen LogP contribution in [0.25, 0.3) is 0 Å². The minimum absolute atomic E-state index is 0.203. The van der Waals surface area contributed by atoms with Crippen molar-refractivity contribution in [1.82, 2.24) is 9.80 Å². The summed E-state index contributed by atoms with van der Waals surface area (Å²) in [7, 11) is 0. The van der Waals surface area contributed by atoms with E-state index in [0.717, 1.165) is 4.90 Å². The number of amides is 3. The summed E-state index contributed by atoms with van der Waals surface area (Å²) < 4.78 is 19.7. The molecule has 1 unspecified atom stereocenters. The first kappa shape index (κ1) is 25.8. The molecule has 1 aromatic rings. The molecule has 0 bridgehead atoms. The summed E-state index contributed by atoms with van der Waals surface area (Å²) in [5.41, 5.74) is -1.24. The Morgan fingerprint density at radius 1 is 1.17 bits per heavy atom. The third-order valence-corrected chi connectivity index (χ3v) is 7.91. The molecule has 1 aromatic carbocycles. The molecule has 4 rings (SSSR count). The molecule has 1 fully saturated rings. The Kier molecular flexibility index (Phi) is 6.66. The lowest BCUT2D eigenvalue weighted by molar-refractivity contribution is -0.160. The maximum atomic E-state index is 14.4. The summed E-state index contributed by atoms with van der Waals surface area (Å²) in [6.07, 6.45) is 6.25. The second-order valence-corrected chi connectivity index (χ2v) is 10.6. The number of fused-ring (bicyclic) bond motifs is 1. The van der Waals surface area contributed by atoms with Gasteiger partial charge in [0.1, 0.15) is 11.9 Å². The van der Waals surface area contributed by atoms with Gasteiger partial charge in [-0.1, -0.05) is 25.1 Å². The van der Waals surface area contributed by atoms with Crippen molar-refractivity contribution in [3.8, 4) is 0 Å². The zero-order chi connectivity index (χ0) is 26.4. The Hall–Kier alpha value is -3.29. The number of hydrogen-bond donors (Lipinski definition) is 0. The number of hydrogen-bond acceptors (Lipinski definition) is 5. The summed E-state index contributed by atoms with van der Waals surface area (Å²) >= 11 is 0. The molecule has 8 heteroatoms. The van der Waals surface area contributed by atoms with Crippen LogP contribution in [0.3, 0.4) is 0 Å². The van der Waals surface area contributed by atoms with Gasteiger partial charge in [0.15, 0.2) is 0 Å². The topological polar surface area (TPSA) is 84.0 Å². The van der Waals surface area contributed by atoms with Crippen molar-refractivity contribution < 1.29 is 28.3 Å². The molecule has 0 spiro atoms. The van der Waals surface area contributed by atoms with Crippen LogP contribution < -0.4 is 0 Å². The molecular weight excluding hydrogens is 463 g/mol. The molecule has 0 N–H and O–H groups in total. The normalized spacial score (nSPS) is 26.7. The summed E-state index contributed by atoms with van der Waals surface area (Å²) in [5, 5.41) is 0. The molecular formula is C28H33FN2O5. The van der Waals surface area contributed by atoms with E-state index in [1.165, 1.54) is 19.1 Å². The Labute approximate surface area is 211 Å². The highest BCUT2D eigenvalue weighted by molar-refractivity contribution is 6.22. The average molecular weight is 497 g/mol. The van der Waals surface area contributed by atoms with Gasteiger partial charge in [-0.25, -0.2) is 4.39 Å². The van der Waals surface area contributed by atoms with E-state index >= 15 is 0 Å². The second-order valence-electron chi connectivity index (χ2n) is 10.6. The number of imide groups is 1. The number of ether oxygens (including phenoxy) is 1. The van der Waals surface area contributed by atoms with Crippen LogP contribution in [0.15, 0.2) is 48.3 Å². The van der Waals surface area contributed by atoms with Gasteiger partial charge in [0.05, 0.1) is 23.1 Å². The number of allylic oxidation sites excluding steroid dienone is 3. The van der Waals surface area contributed by atoms with E-state index in [1.54, 1.807) is 56.0 Å². The number of nitrogens with zero attached hydrogens (tertiary/aromatic N) is 2. The number of likely N-dealkylation sites (tertiary alicyclic amines) is 1. The summed E-state index contributed by atoms with van der Waals surface area (Å²) in [4.78, 5) is 56.0. The minimum Gasteiger partial charge on any atom is -0.466 e. The fraction of sp³-hybridized carbons (Fsp3) is 0.500. The average Bonchev–Trinajstić information content (AvgIpc) is 3.39. The molecule has 2 aliphatic heterocycles. The van der Waals surface area contributed by atoms with Crippen molar-refractivity contribution in [3.63, 3.8) is 0 Å². The van der Waals surface area contributed by atoms with Crippen molar-refractivity contribution in [2.45, 2.75) is 72.0 Å². The highest BCUT2D eigenvalue weighted by atomic mass is 19.1. The van der Waals surface area contributed by atoms with E-state index in [4.69, 9.17) is 4.74 Å². The molecule has 1 aliphatic carbocycles. The van der Waals surface area contributed by atoms with E-state index in [-0.39, 0.29) is 23.6 Å². The number of benzene rings is 1. The molecule has 3 amide bonds. The SMILES string of the molecule is CCOC(=O)C(C)(C)[C@H]1CC[C@@H](C2(C)C=C(F)C=CC2)N1C(=O)[C@@H](C)N1C(=O)c2ccccc2C1=O. The third-order valence-electron chi connectivity index (χ3n) is 7.91. The minimum atomic E-state index is -1.10. The highest BCUT2D eigenvalue weighted by Gasteiger charge is 2.55. The van der Waals surface area contributed by atoms with Crippen LogP contribution in [-0.2, 0) is 14.3 Å². The van der Waals surface area contributed by atoms with Crippen LogP contribution in [0.4, 0.5) is 4.39 Å².